The molecule has 0 bridgehead atoms. The van der Waals surface area contributed by atoms with Crippen LogP contribution in [0.2, 0.25) is 10.0 Å². The molecular formula is C28H22Cl2N4O6S. The standard InChI is InChI=1S/C28H22Cl2N4O6S/c29-26-15-12-23(16-27(26)30)33(41(38,39)25-4-2-1-3-5-25)18-28(35)32-31-17-20-8-13-24(14-9-20)40-19-21-6-10-22(11-7-21)34(36)37/h1-17H,18-19H2,(H,32,35)/b31-17+. The van der Waals surface area contributed by atoms with Crippen LogP contribution in [0.25, 0.3) is 0 Å². The highest BCUT2D eigenvalue weighted by Crippen LogP contribution is 2.30. The Bertz CT molecular complexity index is 1670. The molecule has 0 aliphatic carbocycles. The van der Waals surface area contributed by atoms with Crippen LogP contribution >= 0.6 is 23.2 Å². The van der Waals surface area contributed by atoms with E-state index in [0.29, 0.717) is 11.3 Å². The Hall–Kier alpha value is -4.45. The van der Waals surface area contributed by atoms with E-state index in [0.717, 1.165) is 9.87 Å². The van der Waals surface area contributed by atoms with E-state index in [9.17, 15) is 23.3 Å². The number of nitrogens with zero attached hydrogens (tertiary/aromatic N) is 3. The summed E-state index contributed by atoms with van der Waals surface area (Å²) < 4.78 is 33.4. The van der Waals surface area contributed by atoms with Gasteiger partial charge in [-0.1, -0.05) is 41.4 Å². The zero-order valence-electron chi connectivity index (χ0n) is 21.2. The molecule has 0 fully saturated rings. The highest BCUT2D eigenvalue weighted by molar-refractivity contribution is 7.92. The first-order chi connectivity index (χ1) is 19.6. The Morgan fingerprint density at radius 1 is 0.951 bits per heavy atom. The van der Waals surface area contributed by atoms with Crippen LogP contribution in [-0.4, -0.2) is 32.0 Å². The van der Waals surface area contributed by atoms with Crippen molar-refractivity contribution < 1.29 is 22.9 Å². The number of nitro benzene ring substituents is 1. The fourth-order valence-electron chi connectivity index (χ4n) is 3.55. The number of rotatable bonds is 11. The number of benzene rings is 4. The summed E-state index contributed by atoms with van der Waals surface area (Å²) in [7, 11) is -4.12. The van der Waals surface area contributed by atoms with Gasteiger partial charge in [-0.15, -0.1) is 0 Å². The molecule has 4 rings (SSSR count). The molecule has 4 aromatic rings. The molecule has 0 aliphatic heterocycles. The lowest BCUT2D eigenvalue weighted by Crippen LogP contribution is -2.39. The number of sulfonamides is 1. The molecule has 0 unspecified atom stereocenters. The van der Waals surface area contributed by atoms with Crippen LogP contribution in [0.1, 0.15) is 11.1 Å². The predicted molar refractivity (Wildman–Crippen MR) is 157 cm³/mol. The van der Waals surface area contributed by atoms with Crippen LogP contribution in [0.4, 0.5) is 11.4 Å². The van der Waals surface area contributed by atoms with Crippen LogP contribution in [-0.2, 0) is 21.4 Å². The molecule has 0 aromatic heterocycles. The Morgan fingerprint density at radius 3 is 2.27 bits per heavy atom. The zero-order valence-corrected chi connectivity index (χ0v) is 23.5. The molecule has 13 heteroatoms. The molecule has 0 radical (unpaired) electrons. The Labute approximate surface area is 246 Å². The Morgan fingerprint density at radius 2 is 1.63 bits per heavy atom. The predicted octanol–water partition coefficient (Wildman–Crippen LogP) is 5.83. The minimum atomic E-state index is -4.12. The van der Waals surface area contributed by atoms with Crippen molar-refractivity contribution in [3.63, 3.8) is 0 Å². The van der Waals surface area contributed by atoms with Gasteiger partial charge >= 0.3 is 0 Å². The van der Waals surface area contributed by atoms with E-state index in [2.05, 4.69) is 10.5 Å². The molecule has 41 heavy (non-hydrogen) atoms. The number of hydrazone groups is 1. The maximum atomic E-state index is 13.4. The van der Waals surface area contributed by atoms with Gasteiger partial charge in [0.2, 0.25) is 0 Å². The van der Waals surface area contributed by atoms with Gasteiger partial charge < -0.3 is 4.74 Å². The summed E-state index contributed by atoms with van der Waals surface area (Å²) in [4.78, 5) is 23.0. The first-order valence-corrected chi connectivity index (χ1v) is 14.1. The smallest absolute Gasteiger partial charge is 0.269 e. The van der Waals surface area contributed by atoms with Crippen LogP contribution in [0, 0.1) is 10.1 Å². The number of amides is 1. The van der Waals surface area contributed by atoms with Crippen LogP contribution < -0.4 is 14.5 Å². The molecule has 0 heterocycles. The van der Waals surface area contributed by atoms with Crippen molar-refractivity contribution in [1.82, 2.24) is 5.43 Å². The quantitative estimate of drug-likeness (QED) is 0.129. The van der Waals surface area contributed by atoms with Gasteiger partial charge in [0.1, 0.15) is 18.9 Å². The molecule has 0 saturated carbocycles. The number of ether oxygens (including phenoxy) is 1. The molecule has 210 valence electrons. The van der Waals surface area contributed by atoms with E-state index in [1.165, 1.54) is 48.7 Å². The topological polar surface area (TPSA) is 131 Å². The van der Waals surface area contributed by atoms with E-state index in [-0.39, 0.29) is 32.9 Å². The van der Waals surface area contributed by atoms with Gasteiger partial charge in [-0.2, -0.15) is 5.10 Å². The largest absolute Gasteiger partial charge is 0.489 e. The van der Waals surface area contributed by atoms with Crippen LogP contribution in [0.3, 0.4) is 0 Å². The summed E-state index contributed by atoms with van der Waals surface area (Å²) in [6.07, 6.45) is 1.40. The lowest BCUT2D eigenvalue weighted by Gasteiger charge is -2.24. The molecule has 0 atom stereocenters. The fourth-order valence-corrected chi connectivity index (χ4v) is 5.28. The summed E-state index contributed by atoms with van der Waals surface area (Å²) in [5, 5.41) is 15.1. The van der Waals surface area contributed by atoms with Gasteiger partial charge in [0.25, 0.3) is 21.6 Å². The number of carbonyl (C=O) groups excluding carboxylic acids is 1. The number of hydrogen-bond donors (Lipinski definition) is 1. The van der Waals surface area contributed by atoms with Crippen molar-refractivity contribution in [3.05, 3.63) is 128 Å². The average molecular weight is 613 g/mol. The molecule has 0 aliphatic rings. The number of carbonyl (C=O) groups is 1. The molecule has 0 saturated heterocycles. The third kappa shape index (κ3) is 7.82. The van der Waals surface area contributed by atoms with Crippen molar-refractivity contribution >= 4 is 56.7 Å². The molecule has 4 aromatic carbocycles. The maximum Gasteiger partial charge on any atom is 0.269 e. The minimum Gasteiger partial charge on any atom is -0.489 e. The van der Waals surface area contributed by atoms with Crippen molar-refractivity contribution in [2.24, 2.45) is 5.10 Å². The second-order valence-corrected chi connectivity index (χ2v) is 11.2. The summed E-state index contributed by atoms with van der Waals surface area (Å²) in [6.45, 7) is -0.343. The molecule has 0 spiro atoms. The summed E-state index contributed by atoms with van der Waals surface area (Å²) >= 11 is 12.1. The summed E-state index contributed by atoms with van der Waals surface area (Å²) in [6, 6.07) is 24.8. The number of nitrogens with one attached hydrogen (secondary N) is 1. The highest BCUT2D eigenvalue weighted by Gasteiger charge is 2.27. The normalized spacial score (nSPS) is 11.3. The Balaban J connectivity index is 1.39. The van der Waals surface area contributed by atoms with E-state index < -0.39 is 27.4 Å². The second kappa shape index (κ2) is 13.3. The highest BCUT2D eigenvalue weighted by atomic mass is 35.5. The van der Waals surface area contributed by atoms with Crippen molar-refractivity contribution in [2.45, 2.75) is 11.5 Å². The van der Waals surface area contributed by atoms with Crippen molar-refractivity contribution in [1.29, 1.82) is 0 Å². The molecule has 1 N–H and O–H groups in total. The lowest BCUT2D eigenvalue weighted by atomic mass is 10.2. The SMILES string of the molecule is O=C(CN(c1ccc(Cl)c(Cl)c1)S(=O)(=O)c1ccccc1)N/N=C/c1ccc(OCc2ccc([N+](=O)[O-])cc2)cc1. The molecule has 10 nitrogen and oxygen atoms in total. The lowest BCUT2D eigenvalue weighted by molar-refractivity contribution is -0.384. The Kier molecular flexibility index (Phi) is 9.56. The van der Waals surface area contributed by atoms with Gasteiger partial charge in [-0.05, 0) is 77.9 Å². The fraction of sp³-hybridized carbons (Fsp3) is 0.0714. The first-order valence-electron chi connectivity index (χ1n) is 11.9. The second-order valence-electron chi connectivity index (χ2n) is 8.50. The van der Waals surface area contributed by atoms with Gasteiger partial charge in [0.15, 0.2) is 0 Å². The number of halogens is 2. The first kappa shape index (κ1) is 29.5. The van der Waals surface area contributed by atoms with E-state index in [1.54, 1.807) is 54.6 Å². The summed E-state index contributed by atoms with van der Waals surface area (Å²) in [5.41, 5.74) is 3.92. The van der Waals surface area contributed by atoms with Crippen LogP contribution in [0.15, 0.2) is 107 Å². The molecule has 1 amide bonds. The van der Waals surface area contributed by atoms with E-state index >= 15 is 0 Å². The monoisotopic (exact) mass is 612 g/mol. The van der Waals surface area contributed by atoms with Crippen LogP contribution in [0.5, 0.6) is 5.75 Å². The van der Waals surface area contributed by atoms with E-state index in [1.807, 2.05) is 0 Å². The van der Waals surface area contributed by atoms with Crippen molar-refractivity contribution in [2.75, 3.05) is 10.8 Å². The maximum absolute atomic E-state index is 13.4. The van der Waals surface area contributed by atoms with Gasteiger partial charge in [-0.25, -0.2) is 13.8 Å². The third-order valence-corrected chi connectivity index (χ3v) is 8.17. The number of anilines is 1. The average Bonchev–Trinajstić information content (AvgIpc) is 2.97. The van der Waals surface area contributed by atoms with Gasteiger partial charge in [-0.3, -0.25) is 19.2 Å². The van der Waals surface area contributed by atoms with E-state index in [4.69, 9.17) is 27.9 Å². The van der Waals surface area contributed by atoms with Crippen molar-refractivity contribution in [3.8, 4) is 5.75 Å². The molecular weight excluding hydrogens is 591 g/mol. The number of non-ortho nitro benzene ring substituents is 1. The number of nitro groups is 1. The minimum absolute atomic E-state index is 0.00161. The summed E-state index contributed by atoms with van der Waals surface area (Å²) in [5.74, 6) is -0.122. The van der Waals surface area contributed by atoms with Gasteiger partial charge in [0, 0.05) is 12.1 Å². The van der Waals surface area contributed by atoms with Gasteiger partial charge in [0.05, 0.1) is 31.8 Å². The number of hydrogen-bond acceptors (Lipinski definition) is 7. The third-order valence-electron chi connectivity index (χ3n) is 5.65. The zero-order chi connectivity index (χ0) is 29.4.